The Morgan fingerprint density at radius 2 is 1.64 bits per heavy atom. The third kappa shape index (κ3) is 2.89. The molecular formula is C22H18O3. The van der Waals surface area contributed by atoms with Crippen molar-refractivity contribution in [2.75, 3.05) is 0 Å². The molecule has 25 heavy (non-hydrogen) atoms. The SMILES string of the molecule is Cc1ccc(C2C=C(c3ccccc3)Oc3cc(C)oc(=O)c32)cc1. The zero-order valence-electron chi connectivity index (χ0n) is 14.2. The molecule has 4 rings (SSSR count). The van der Waals surface area contributed by atoms with Gasteiger partial charge >= 0.3 is 5.63 Å². The predicted molar refractivity (Wildman–Crippen MR) is 97.8 cm³/mol. The van der Waals surface area contributed by atoms with Crippen LogP contribution in [-0.2, 0) is 0 Å². The highest BCUT2D eigenvalue weighted by atomic mass is 16.5. The molecule has 2 heterocycles. The van der Waals surface area contributed by atoms with E-state index in [1.807, 2.05) is 55.5 Å². The van der Waals surface area contributed by atoms with Crippen molar-refractivity contribution in [3.05, 3.63) is 105 Å². The van der Waals surface area contributed by atoms with Crippen molar-refractivity contribution >= 4 is 5.76 Å². The molecule has 3 aromatic rings. The molecule has 3 heteroatoms. The monoisotopic (exact) mass is 330 g/mol. The van der Waals surface area contributed by atoms with E-state index in [1.54, 1.807) is 13.0 Å². The summed E-state index contributed by atoms with van der Waals surface area (Å²) in [5.74, 6) is 1.67. The Balaban J connectivity index is 1.91. The summed E-state index contributed by atoms with van der Waals surface area (Å²) in [5.41, 5.74) is 3.41. The molecular weight excluding hydrogens is 312 g/mol. The molecule has 0 aliphatic carbocycles. The molecule has 2 aromatic carbocycles. The van der Waals surface area contributed by atoms with E-state index in [4.69, 9.17) is 9.15 Å². The minimum atomic E-state index is -0.344. The standard InChI is InChI=1S/C22H18O3/c1-14-8-10-16(11-9-14)18-13-19(17-6-4-3-5-7-17)25-20-12-15(2)24-22(23)21(18)20/h3-13,18H,1-2H3. The Hall–Kier alpha value is -3.07. The van der Waals surface area contributed by atoms with Crippen molar-refractivity contribution in [3.8, 4) is 5.75 Å². The Morgan fingerprint density at radius 1 is 0.920 bits per heavy atom. The number of rotatable bonds is 2. The normalized spacial score (nSPS) is 15.9. The molecule has 0 amide bonds. The van der Waals surface area contributed by atoms with Crippen LogP contribution >= 0.6 is 0 Å². The van der Waals surface area contributed by atoms with Gasteiger partial charge in [-0.3, -0.25) is 0 Å². The lowest BCUT2D eigenvalue weighted by Gasteiger charge is -2.24. The summed E-state index contributed by atoms with van der Waals surface area (Å²) >= 11 is 0. The fraction of sp³-hybridized carbons (Fsp3) is 0.136. The lowest BCUT2D eigenvalue weighted by atomic mass is 9.88. The third-order valence-corrected chi connectivity index (χ3v) is 4.42. The van der Waals surface area contributed by atoms with Crippen LogP contribution < -0.4 is 10.4 Å². The molecule has 0 radical (unpaired) electrons. The zero-order valence-corrected chi connectivity index (χ0v) is 14.2. The van der Waals surface area contributed by atoms with Crippen molar-refractivity contribution in [3.63, 3.8) is 0 Å². The lowest BCUT2D eigenvalue weighted by molar-refractivity contribution is 0.431. The maximum Gasteiger partial charge on any atom is 0.343 e. The predicted octanol–water partition coefficient (Wildman–Crippen LogP) is 4.82. The van der Waals surface area contributed by atoms with Gasteiger partial charge in [0, 0.05) is 17.5 Å². The highest BCUT2D eigenvalue weighted by Gasteiger charge is 2.28. The molecule has 1 aliphatic rings. The fourth-order valence-corrected chi connectivity index (χ4v) is 3.14. The smallest absolute Gasteiger partial charge is 0.343 e. The summed E-state index contributed by atoms with van der Waals surface area (Å²) < 4.78 is 11.4. The van der Waals surface area contributed by atoms with Crippen LogP contribution in [0.5, 0.6) is 5.75 Å². The summed E-state index contributed by atoms with van der Waals surface area (Å²) in [4.78, 5) is 12.5. The van der Waals surface area contributed by atoms with Crippen LogP contribution in [0.15, 0.2) is 76.0 Å². The van der Waals surface area contributed by atoms with Gasteiger partial charge in [-0.25, -0.2) is 4.79 Å². The van der Waals surface area contributed by atoms with Gasteiger partial charge in [0.15, 0.2) is 0 Å². The van der Waals surface area contributed by atoms with Crippen molar-refractivity contribution in [2.24, 2.45) is 0 Å². The van der Waals surface area contributed by atoms with Crippen LogP contribution in [-0.4, -0.2) is 0 Å². The molecule has 0 saturated heterocycles. The van der Waals surface area contributed by atoms with E-state index in [1.165, 1.54) is 5.56 Å². The first kappa shape index (κ1) is 15.5. The van der Waals surface area contributed by atoms with Crippen LogP contribution in [0.1, 0.15) is 33.9 Å². The molecule has 3 nitrogen and oxygen atoms in total. The van der Waals surface area contributed by atoms with Gasteiger partial charge in [-0.1, -0.05) is 60.2 Å². The molecule has 1 atom stereocenters. The molecule has 1 unspecified atom stereocenters. The molecule has 1 aromatic heterocycles. The van der Waals surface area contributed by atoms with Gasteiger partial charge in [0.05, 0.1) is 5.56 Å². The van der Waals surface area contributed by atoms with Crippen molar-refractivity contribution in [1.82, 2.24) is 0 Å². The first-order valence-corrected chi connectivity index (χ1v) is 8.28. The van der Waals surface area contributed by atoms with Gasteiger partial charge in [-0.2, -0.15) is 0 Å². The number of hydrogen-bond acceptors (Lipinski definition) is 3. The van der Waals surface area contributed by atoms with Crippen LogP contribution in [0.2, 0.25) is 0 Å². The van der Waals surface area contributed by atoms with E-state index < -0.39 is 0 Å². The van der Waals surface area contributed by atoms with E-state index in [2.05, 4.69) is 12.1 Å². The quantitative estimate of drug-likeness (QED) is 0.676. The summed E-state index contributed by atoms with van der Waals surface area (Å²) in [6.07, 6.45) is 1.99. The summed E-state index contributed by atoms with van der Waals surface area (Å²) in [6.45, 7) is 3.80. The first-order valence-electron chi connectivity index (χ1n) is 8.28. The zero-order chi connectivity index (χ0) is 17.4. The van der Waals surface area contributed by atoms with Gasteiger partial charge in [-0.05, 0) is 25.5 Å². The molecule has 124 valence electrons. The minimum absolute atomic E-state index is 0.198. The largest absolute Gasteiger partial charge is 0.456 e. The van der Waals surface area contributed by atoms with Gasteiger partial charge in [0.1, 0.15) is 17.3 Å². The number of hydrogen-bond donors (Lipinski definition) is 0. The van der Waals surface area contributed by atoms with Gasteiger partial charge in [0.2, 0.25) is 0 Å². The number of benzene rings is 2. The first-order chi connectivity index (χ1) is 12.1. The highest BCUT2D eigenvalue weighted by molar-refractivity contribution is 5.68. The summed E-state index contributed by atoms with van der Waals surface area (Å²) in [5, 5.41) is 0. The van der Waals surface area contributed by atoms with E-state index in [-0.39, 0.29) is 11.5 Å². The molecule has 0 saturated carbocycles. The van der Waals surface area contributed by atoms with Gasteiger partial charge in [0.25, 0.3) is 0 Å². The number of fused-ring (bicyclic) bond motifs is 1. The average molecular weight is 330 g/mol. The van der Waals surface area contributed by atoms with E-state index in [0.29, 0.717) is 17.1 Å². The topological polar surface area (TPSA) is 39.4 Å². The van der Waals surface area contributed by atoms with Crippen LogP contribution in [0, 0.1) is 13.8 Å². The maximum absolute atomic E-state index is 12.5. The van der Waals surface area contributed by atoms with Crippen molar-refractivity contribution in [2.45, 2.75) is 19.8 Å². The molecule has 0 spiro atoms. The second-order valence-corrected chi connectivity index (χ2v) is 6.31. The Kier molecular flexibility index (Phi) is 3.77. The highest BCUT2D eigenvalue weighted by Crippen LogP contribution is 2.39. The Morgan fingerprint density at radius 3 is 2.36 bits per heavy atom. The summed E-state index contributed by atoms with van der Waals surface area (Å²) in [6, 6.07) is 19.9. The number of aryl methyl sites for hydroxylation is 2. The van der Waals surface area contributed by atoms with Crippen molar-refractivity contribution in [1.29, 1.82) is 0 Å². The fourth-order valence-electron chi connectivity index (χ4n) is 3.14. The lowest BCUT2D eigenvalue weighted by Crippen LogP contribution is -2.19. The van der Waals surface area contributed by atoms with Gasteiger partial charge < -0.3 is 9.15 Å². The van der Waals surface area contributed by atoms with Crippen molar-refractivity contribution < 1.29 is 9.15 Å². The summed E-state index contributed by atoms with van der Waals surface area (Å²) in [7, 11) is 0. The average Bonchev–Trinajstić information content (AvgIpc) is 2.62. The minimum Gasteiger partial charge on any atom is -0.456 e. The van der Waals surface area contributed by atoms with Gasteiger partial charge in [-0.15, -0.1) is 0 Å². The van der Waals surface area contributed by atoms with Crippen LogP contribution in [0.3, 0.4) is 0 Å². The van der Waals surface area contributed by atoms with Crippen LogP contribution in [0.4, 0.5) is 0 Å². The Labute approximate surface area is 146 Å². The number of ether oxygens (including phenoxy) is 1. The maximum atomic E-state index is 12.5. The van der Waals surface area contributed by atoms with E-state index >= 15 is 0 Å². The number of allylic oxidation sites excluding steroid dienone is 1. The second-order valence-electron chi connectivity index (χ2n) is 6.31. The molecule has 0 bridgehead atoms. The molecule has 1 aliphatic heterocycles. The molecule has 0 fully saturated rings. The van der Waals surface area contributed by atoms with E-state index in [0.717, 1.165) is 16.9 Å². The third-order valence-electron chi connectivity index (χ3n) is 4.42. The second kappa shape index (κ2) is 6.10. The van der Waals surface area contributed by atoms with Crippen LogP contribution in [0.25, 0.3) is 5.76 Å². The molecule has 0 N–H and O–H groups in total. The van der Waals surface area contributed by atoms with E-state index in [9.17, 15) is 4.79 Å². The Bertz CT molecular complexity index is 996.